The lowest BCUT2D eigenvalue weighted by atomic mass is 10.1. The highest BCUT2D eigenvalue weighted by Gasteiger charge is 2.45. The summed E-state index contributed by atoms with van der Waals surface area (Å²) in [5.41, 5.74) is 7.18. The highest BCUT2D eigenvalue weighted by Crippen LogP contribution is 2.51. The van der Waals surface area contributed by atoms with E-state index >= 15 is 0 Å². The molecule has 1 aliphatic carbocycles. The molecule has 1 saturated carbocycles. The Morgan fingerprint density at radius 1 is 1.12 bits per heavy atom. The monoisotopic (exact) mass is 391 g/mol. The van der Waals surface area contributed by atoms with Crippen LogP contribution in [0.3, 0.4) is 0 Å². The number of carbonyl (C=O) groups excluding carboxylic acids is 2. The van der Waals surface area contributed by atoms with Gasteiger partial charge in [0.15, 0.2) is 0 Å². The first kappa shape index (κ1) is 18.7. The van der Waals surface area contributed by atoms with E-state index in [0.29, 0.717) is 40.8 Å². The van der Waals surface area contributed by atoms with E-state index in [0.717, 1.165) is 5.56 Å². The Bertz CT molecular complexity index is 841. The van der Waals surface area contributed by atoms with Crippen LogP contribution in [0.2, 0.25) is 10.0 Å². The van der Waals surface area contributed by atoms with Gasteiger partial charge in [0.25, 0.3) is 5.91 Å². The number of nitrogens with one attached hydrogen (secondary N) is 2. The summed E-state index contributed by atoms with van der Waals surface area (Å²) >= 11 is 12.3. The molecular weight excluding hydrogens is 373 g/mol. The minimum absolute atomic E-state index is 0.0411. The highest BCUT2D eigenvalue weighted by molar-refractivity contribution is 6.42. The second kappa shape index (κ2) is 8.08. The molecule has 26 heavy (non-hydrogen) atoms. The zero-order valence-electron chi connectivity index (χ0n) is 14.0. The summed E-state index contributed by atoms with van der Waals surface area (Å²) in [6, 6.07) is 12.3. The number of anilines is 1. The molecule has 0 heterocycles. The molecule has 0 aliphatic heterocycles. The molecule has 2 aromatic rings. The third-order valence-corrected chi connectivity index (χ3v) is 5.20. The number of rotatable bonds is 6. The molecule has 4 N–H and O–H groups in total. The minimum Gasteiger partial charge on any atom is -0.351 e. The number of hydrogen-bond donors (Lipinski definition) is 3. The molecule has 3 rings (SSSR count). The van der Waals surface area contributed by atoms with E-state index in [2.05, 4.69) is 10.6 Å². The Hall–Kier alpha value is -2.08. The Morgan fingerprint density at radius 2 is 1.88 bits per heavy atom. The number of nitrogens with two attached hydrogens (primary N) is 1. The van der Waals surface area contributed by atoms with Gasteiger partial charge in [-0.15, -0.1) is 0 Å². The summed E-state index contributed by atoms with van der Waals surface area (Å²) in [6.07, 6.45) is 0.702. The Labute approximate surface area is 161 Å². The molecule has 5 nitrogen and oxygen atoms in total. The lowest BCUT2D eigenvalue weighted by Crippen LogP contribution is -2.30. The number of para-hydroxylation sites is 1. The fourth-order valence-electron chi connectivity index (χ4n) is 2.93. The van der Waals surface area contributed by atoms with Crippen LogP contribution in [0.15, 0.2) is 42.5 Å². The molecule has 1 aliphatic rings. The maximum absolute atomic E-state index is 12.6. The average Bonchev–Trinajstić information content (AvgIpc) is 3.43. The predicted octanol–water partition coefficient (Wildman–Crippen LogP) is 3.42. The van der Waals surface area contributed by atoms with Crippen molar-refractivity contribution in [1.82, 2.24) is 5.32 Å². The largest absolute Gasteiger partial charge is 0.351 e. The molecule has 136 valence electrons. The van der Waals surface area contributed by atoms with Gasteiger partial charge in [0.2, 0.25) is 5.91 Å². The van der Waals surface area contributed by atoms with Gasteiger partial charge >= 0.3 is 0 Å². The molecule has 1 fully saturated rings. The van der Waals surface area contributed by atoms with Crippen LogP contribution in [0.5, 0.6) is 0 Å². The summed E-state index contributed by atoms with van der Waals surface area (Å²) in [7, 11) is 0. The van der Waals surface area contributed by atoms with Gasteiger partial charge in [-0.3, -0.25) is 9.59 Å². The van der Waals surface area contributed by atoms with Gasteiger partial charge in [-0.25, -0.2) is 0 Å². The van der Waals surface area contributed by atoms with Crippen molar-refractivity contribution in [3.63, 3.8) is 0 Å². The van der Waals surface area contributed by atoms with Gasteiger partial charge in [-0.1, -0.05) is 47.5 Å². The third kappa shape index (κ3) is 4.01. The van der Waals surface area contributed by atoms with E-state index in [4.69, 9.17) is 28.9 Å². The zero-order chi connectivity index (χ0) is 18.7. The van der Waals surface area contributed by atoms with Crippen molar-refractivity contribution in [2.24, 2.45) is 11.7 Å². The number of carbonyl (C=O) groups is 2. The molecule has 0 aromatic heterocycles. The van der Waals surface area contributed by atoms with E-state index in [-0.39, 0.29) is 23.7 Å². The van der Waals surface area contributed by atoms with Gasteiger partial charge in [-0.05, 0) is 36.1 Å². The molecule has 2 amide bonds. The average molecular weight is 392 g/mol. The van der Waals surface area contributed by atoms with Gasteiger partial charge in [0.05, 0.1) is 21.3 Å². The first-order valence-electron chi connectivity index (χ1n) is 8.35. The highest BCUT2D eigenvalue weighted by atomic mass is 35.5. The third-order valence-electron chi connectivity index (χ3n) is 4.37. The Balaban J connectivity index is 1.70. The molecule has 2 atom stereocenters. The summed E-state index contributed by atoms with van der Waals surface area (Å²) in [5, 5.41) is 6.54. The van der Waals surface area contributed by atoms with Crippen molar-refractivity contribution < 1.29 is 9.59 Å². The lowest BCUT2D eigenvalue weighted by Gasteiger charge is -2.11. The SMILES string of the molecule is NCCNC(=O)c1ccccc1NC(=O)C1CC1c1cccc(Cl)c1Cl. The zero-order valence-corrected chi connectivity index (χ0v) is 15.5. The summed E-state index contributed by atoms with van der Waals surface area (Å²) in [4.78, 5) is 24.8. The first-order valence-corrected chi connectivity index (χ1v) is 9.10. The van der Waals surface area contributed by atoms with Crippen LogP contribution < -0.4 is 16.4 Å². The number of amides is 2. The van der Waals surface area contributed by atoms with Gasteiger partial charge in [-0.2, -0.15) is 0 Å². The fourth-order valence-corrected chi connectivity index (χ4v) is 3.38. The van der Waals surface area contributed by atoms with Crippen LogP contribution in [0.4, 0.5) is 5.69 Å². The number of hydrogen-bond acceptors (Lipinski definition) is 3. The minimum atomic E-state index is -0.267. The standard InChI is InChI=1S/C19H19Cl2N3O2/c20-15-6-3-5-11(17(15)21)13-10-14(13)19(26)24-16-7-2-1-4-12(16)18(25)23-9-8-22/h1-7,13-14H,8-10,22H2,(H,23,25)(H,24,26). The van der Waals surface area contributed by atoms with Crippen molar-refractivity contribution in [3.05, 3.63) is 63.6 Å². The van der Waals surface area contributed by atoms with Crippen LogP contribution in [0.25, 0.3) is 0 Å². The topological polar surface area (TPSA) is 84.2 Å². The predicted molar refractivity (Wildman–Crippen MR) is 104 cm³/mol. The Morgan fingerprint density at radius 3 is 2.65 bits per heavy atom. The fraction of sp³-hybridized carbons (Fsp3) is 0.263. The second-order valence-corrected chi connectivity index (χ2v) is 6.96. The van der Waals surface area contributed by atoms with Gasteiger partial charge in [0.1, 0.15) is 0 Å². The van der Waals surface area contributed by atoms with Crippen molar-refractivity contribution in [2.45, 2.75) is 12.3 Å². The normalized spacial score (nSPS) is 18.3. The first-order chi connectivity index (χ1) is 12.5. The molecule has 0 spiro atoms. The number of benzene rings is 2. The lowest BCUT2D eigenvalue weighted by molar-refractivity contribution is -0.117. The molecule has 0 bridgehead atoms. The van der Waals surface area contributed by atoms with Gasteiger partial charge < -0.3 is 16.4 Å². The quantitative estimate of drug-likeness (QED) is 0.704. The summed E-state index contributed by atoms with van der Waals surface area (Å²) < 4.78 is 0. The molecule has 0 saturated heterocycles. The van der Waals surface area contributed by atoms with Crippen LogP contribution >= 0.6 is 23.2 Å². The van der Waals surface area contributed by atoms with E-state index in [1.54, 1.807) is 30.3 Å². The van der Waals surface area contributed by atoms with Crippen molar-refractivity contribution in [3.8, 4) is 0 Å². The maximum Gasteiger partial charge on any atom is 0.253 e. The van der Waals surface area contributed by atoms with E-state index < -0.39 is 0 Å². The number of halogens is 2. The van der Waals surface area contributed by atoms with E-state index in [9.17, 15) is 9.59 Å². The molecule has 0 radical (unpaired) electrons. The van der Waals surface area contributed by atoms with Crippen LogP contribution in [-0.2, 0) is 4.79 Å². The van der Waals surface area contributed by atoms with Crippen LogP contribution in [0, 0.1) is 5.92 Å². The maximum atomic E-state index is 12.6. The summed E-state index contributed by atoms with van der Waals surface area (Å²) in [6.45, 7) is 0.726. The smallest absolute Gasteiger partial charge is 0.253 e. The van der Waals surface area contributed by atoms with Crippen LogP contribution in [0.1, 0.15) is 28.3 Å². The molecule has 7 heteroatoms. The summed E-state index contributed by atoms with van der Waals surface area (Å²) in [5.74, 6) is -0.549. The van der Waals surface area contributed by atoms with Crippen molar-refractivity contribution >= 4 is 40.7 Å². The molecular formula is C19H19Cl2N3O2. The second-order valence-electron chi connectivity index (χ2n) is 6.17. The van der Waals surface area contributed by atoms with Crippen LogP contribution in [-0.4, -0.2) is 24.9 Å². The molecule has 2 unspecified atom stereocenters. The van der Waals surface area contributed by atoms with E-state index in [1.165, 1.54) is 0 Å². The van der Waals surface area contributed by atoms with Crippen molar-refractivity contribution in [2.75, 3.05) is 18.4 Å². The molecule has 2 aromatic carbocycles. The van der Waals surface area contributed by atoms with Crippen molar-refractivity contribution in [1.29, 1.82) is 0 Å². The Kier molecular flexibility index (Phi) is 5.81. The van der Waals surface area contributed by atoms with Gasteiger partial charge in [0, 0.05) is 19.0 Å². The van der Waals surface area contributed by atoms with E-state index in [1.807, 2.05) is 12.1 Å².